The van der Waals surface area contributed by atoms with E-state index in [9.17, 15) is 9.59 Å². The van der Waals surface area contributed by atoms with Crippen molar-refractivity contribution in [2.45, 2.75) is 58.6 Å². The quantitative estimate of drug-likeness (QED) is 0.722. The lowest BCUT2D eigenvalue weighted by Crippen LogP contribution is -2.48. The molecule has 3 rings (SSSR count). The van der Waals surface area contributed by atoms with E-state index in [4.69, 9.17) is 14.2 Å². The molecule has 2 aliphatic heterocycles. The van der Waals surface area contributed by atoms with Gasteiger partial charge in [0.15, 0.2) is 0 Å². The Balaban J connectivity index is 1.70. The molecule has 7 nitrogen and oxygen atoms in total. The molecular weight excluding hydrogens is 360 g/mol. The van der Waals surface area contributed by atoms with E-state index in [-0.39, 0.29) is 30.6 Å². The van der Waals surface area contributed by atoms with Gasteiger partial charge in [-0.1, -0.05) is 6.42 Å². The Kier molecular flexibility index (Phi) is 6.78. The van der Waals surface area contributed by atoms with Gasteiger partial charge in [-0.25, -0.2) is 0 Å². The summed E-state index contributed by atoms with van der Waals surface area (Å²) < 4.78 is 16.7. The molecule has 154 valence electrons. The van der Waals surface area contributed by atoms with Crippen LogP contribution in [-0.2, 0) is 20.7 Å². The number of likely N-dealkylation sites (tertiary alicyclic amines) is 1. The predicted molar refractivity (Wildman–Crippen MR) is 106 cm³/mol. The third-order valence-electron chi connectivity index (χ3n) is 5.09. The van der Waals surface area contributed by atoms with Crippen LogP contribution in [0.3, 0.4) is 0 Å². The summed E-state index contributed by atoms with van der Waals surface area (Å²) in [5, 5.41) is 2.94. The number of nitrogens with zero attached hydrogens (tertiary/aromatic N) is 1. The third kappa shape index (κ3) is 4.76. The lowest BCUT2D eigenvalue weighted by atomic mass is 10.0. The fraction of sp³-hybridized carbons (Fsp3) is 0.619. The predicted octanol–water partition coefficient (Wildman–Crippen LogP) is 2.76. The van der Waals surface area contributed by atoms with Crippen LogP contribution >= 0.6 is 0 Å². The van der Waals surface area contributed by atoms with Gasteiger partial charge >= 0.3 is 5.97 Å². The Morgan fingerprint density at radius 3 is 2.82 bits per heavy atom. The van der Waals surface area contributed by atoms with Crippen LogP contribution in [0.5, 0.6) is 11.5 Å². The summed E-state index contributed by atoms with van der Waals surface area (Å²) in [4.78, 5) is 26.8. The zero-order valence-electron chi connectivity index (χ0n) is 17.0. The molecule has 2 atom stereocenters. The maximum absolute atomic E-state index is 12.7. The van der Waals surface area contributed by atoms with Gasteiger partial charge in [-0.05, 0) is 46.2 Å². The summed E-state index contributed by atoms with van der Waals surface area (Å²) in [5.41, 5.74) is 1.69. The Hall–Kier alpha value is -2.28. The number of benzene rings is 1. The number of esters is 1. The molecule has 1 fully saturated rings. The number of anilines is 1. The normalized spacial score (nSPS) is 21.5. The van der Waals surface area contributed by atoms with Gasteiger partial charge < -0.3 is 19.5 Å². The van der Waals surface area contributed by atoms with E-state index in [1.54, 1.807) is 6.92 Å². The molecule has 1 aromatic rings. The first kappa shape index (κ1) is 20.5. The highest BCUT2D eigenvalue weighted by Gasteiger charge is 2.31. The zero-order chi connectivity index (χ0) is 20.1. The molecular formula is C21H30N2O5. The molecule has 0 aliphatic carbocycles. The Morgan fingerprint density at radius 2 is 2.07 bits per heavy atom. The third-order valence-corrected chi connectivity index (χ3v) is 5.09. The number of nitrogens with one attached hydrogen (secondary N) is 1. The monoisotopic (exact) mass is 390 g/mol. The first-order chi connectivity index (χ1) is 13.5. The summed E-state index contributed by atoms with van der Waals surface area (Å²) in [5.74, 6) is 1.01. The van der Waals surface area contributed by atoms with Crippen molar-refractivity contribution in [2.24, 2.45) is 0 Å². The van der Waals surface area contributed by atoms with Crippen LogP contribution in [0, 0.1) is 0 Å². The standard InChI is InChI=1S/C21H30N2O5/c1-4-26-19-11-15-10-14(3)28-18(15)12-16(19)22-20(24)13-23-9-7-6-8-17(23)21(25)27-5-2/h11-12,14,17H,4-10,13H2,1-3H3,(H,22,24)/t14-,17+/m1/s1. The first-order valence-electron chi connectivity index (χ1n) is 10.2. The first-order valence-corrected chi connectivity index (χ1v) is 10.2. The van der Waals surface area contributed by atoms with Gasteiger partial charge in [0, 0.05) is 18.1 Å². The van der Waals surface area contributed by atoms with Gasteiger partial charge in [0.25, 0.3) is 0 Å². The van der Waals surface area contributed by atoms with E-state index in [1.807, 2.05) is 30.9 Å². The number of hydrogen-bond donors (Lipinski definition) is 1. The van der Waals surface area contributed by atoms with E-state index < -0.39 is 0 Å². The molecule has 0 spiro atoms. The summed E-state index contributed by atoms with van der Waals surface area (Å²) >= 11 is 0. The number of rotatable bonds is 7. The smallest absolute Gasteiger partial charge is 0.323 e. The van der Waals surface area contributed by atoms with Crippen LogP contribution in [0.25, 0.3) is 0 Å². The van der Waals surface area contributed by atoms with E-state index >= 15 is 0 Å². The van der Waals surface area contributed by atoms with Gasteiger partial charge in [0.1, 0.15) is 23.6 Å². The molecule has 28 heavy (non-hydrogen) atoms. The summed E-state index contributed by atoms with van der Waals surface area (Å²) in [6, 6.07) is 3.43. The molecule has 1 amide bonds. The van der Waals surface area contributed by atoms with Gasteiger partial charge in [0.05, 0.1) is 25.4 Å². The number of carbonyl (C=O) groups is 2. The van der Waals surface area contributed by atoms with Crippen molar-refractivity contribution >= 4 is 17.6 Å². The largest absolute Gasteiger partial charge is 0.492 e. The molecule has 0 unspecified atom stereocenters. The second-order valence-corrected chi connectivity index (χ2v) is 7.30. The minimum Gasteiger partial charge on any atom is -0.492 e. The Morgan fingerprint density at radius 1 is 1.25 bits per heavy atom. The summed E-state index contributed by atoms with van der Waals surface area (Å²) in [6.07, 6.45) is 3.61. The van der Waals surface area contributed by atoms with E-state index in [0.29, 0.717) is 31.2 Å². The average Bonchev–Trinajstić information content (AvgIpc) is 3.01. The molecule has 7 heteroatoms. The van der Waals surface area contributed by atoms with Crippen LogP contribution in [0.4, 0.5) is 5.69 Å². The number of hydrogen-bond acceptors (Lipinski definition) is 6. The molecule has 2 aliphatic rings. The van der Waals surface area contributed by atoms with E-state index in [1.165, 1.54) is 0 Å². The van der Waals surface area contributed by atoms with Gasteiger partial charge in [0.2, 0.25) is 5.91 Å². The Bertz CT molecular complexity index is 721. The van der Waals surface area contributed by atoms with Crippen molar-refractivity contribution in [3.63, 3.8) is 0 Å². The molecule has 0 radical (unpaired) electrons. The molecule has 2 heterocycles. The highest BCUT2D eigenvalue weighted by atomic mass is 16.5. The van der Waals surface area contributed by atoms with Crippen molar-refractivity contribution in [1.82, 2.24) is 4.90 Å². The van der Waals surface area contributed by atoms with Crippen LogP contribution < -0.4 is 14.8 Å². The highest BCUT2D eigenvalue weighted by molar-refractivity contribution is 5.94. The van der Waals surface area contributed by atoms with E-state index in [0.717, 1.165) is 37.0 Å². The number of piperidine rings is 1. The topological polar surface area (TPSA) is 77.1 Å². The van der Waals surface area contributed by atoms with Crippen LogP contribution in [0.2, 0.25) is 0 Å². The van der Waals surface area contributed by atoms with Crippen molar-refractivity contribution in [1.29, 1.82) is 0 Å². The van der Waals surface area contributed by atoms with E-state index in [2.05, 4.69) is 5.32 Å². The average molecular weight is 390 g/mol. The second kappa shape index (κ2) is 9.28. The zero-order valence-corrected chi connectivity index (χ0v) is 17.0. The molecule has 1 aromatic carbocycles. The molecule has 1 saturated heterocycles. The van der Waals surface area contributed by atoms with Crippen molar-refractivity contribution in [2.75, 3.05) is 31.6 Å². The number of amides is 1. The minimum absolute atomic E-state index is 0.120. The summed E-state index contributed by atoms with van der Waals surface area (Å²) in [7, 11) is 0. The molecule has 1 N–H and O–H groups in total. The van der Waals surface area contributed by atoms with Gasteiger partial charge in [-0.15, -0.1) is 0 Å². The minimum atomic E-state index is -0.352. The van der Waals surface area contributed by atoms with Crippen molar-refractivity contribution < 1.29 is 23.8 Å². The molecule has 0 saturated carbocycles. The van der Waals surface area contributed by atoms with Crippen molar-refractivity contribution in [3.05, 3.63) is 17.7 Å². The van der Waals surface area contributed by atoms with Crippen molar-refractivity contribution in [3.8, 4) is 11.5 Å². The highest BCUT2D eigenvalue weighted by Crippen LogP contribution is 2.38. The SMILES string of the molecule is CCOC(=O)[C@@H]1CCCCN1CC(=O)Nc1cc2c(cc1OCC)C[C@@H](C)O2. The maximum Gasteiger partial charge on any atom is 0.323 e. The second-order valence-electron chi connectivity index (χ2n) is 7.30. The number of fused-ring (bicyclic) bond motifs is 1. The maximum atomic E-state index is 12.7. The van der Waals surface area contributed by atoms with Gasteiger partial charge in [-0.2, -0.15) is 0 Å². The van der Waals surface area contributed by atoms with Crippen LogP contribution in [-0.4, -0.2) is 55.2 Å². The van der Waals surface area contributed by atoms with Gasteiger partial charge in [-0.3, -0.25) is 14.5 Å². The van der Waals surface area contributed by atoms with Crippen LogP contribution in [0.1, 0.15) is 45.6 Å². The fourth-order valence-electron chi connectivity index (χ4n) is 3.87. The Labute approximate surface area is 166 Å². The summed E-state index contributed by atoms with van der Waals surface area (Å²) in [6.45, 7) is 7.43. The van der Waals surface area contributed by atoms with Crippen LogP contribution in [0.15, 0.2) is 12.1 Å². The molecule has 0 aromatic heterocycles. The lowest BCUT2D eigenvalue weighted by molar-refractivity contribution is -0.151. The number of ether oxygens (including phenoxy) is 3. The fourth-order valence-corrected chi connectivity index (χ4v) is 3.87. The lowest BCUT2D eigenvalue weighted by Gasteiger charge is -2.33. The number of carbonyl (C=O) groups excluding carboxylic acids is 2. The molecule has 0 bridgehead atoms.